The minimum Gasteiger partial charge on any atom is -0.336 e. The van der Waals surface area contributed by atoms with Crippen molar-refractivity contribution in [2.24, 2.45) is 5.73 Å². The summed E-state index contributed by atoms with van der Waals surface area (Å²) in [5, 5.41) is 2.66. The lowest BCUT2D eigenvalue weighted by atomic mass is 10.2. The predicted octanol–water partition coefficient (Wildman–Crippen LogP) is 0.366. The van der Waals surface area contributed by atoms with Crippen molar-refractivity contribution in [1.29, 1.82) is 0 Å². The molecule has 2 amide bonds. The Labute approximate surface area is 79.0 Å². The first kappa shape index (κ1) is 12.2. The average molecular weight is 189 g/mol. The van der Waals surface area contributed by atoms with Crippen molar-refractivity contribution in [3.8, 4) is 0 Å². The van der Waals surface area contributed by atoms with Gasteiger partial charge in [-0.05, 0) is 6.42 Å². The van der Waals surface area contributed by atoms with Crippen LogP contribution in [0.25, 0.3) is 0 Å². The van der Waals surface area contributed by atoms with Crippen LogP contribution in [0.1, 0.15) is 26.2 Å². The Morgan fingerprint density at radius 1 is 1.46 bits per heavy atom. The van der Waals surface area contributed by atoms with E-state index < -0.39 is 0 Å². The van der Waals surface area contributed by atoms with Gasteiger partial charge < -0.3 is 11.1 Å². The molecule has 0 aromatic carbocycles. The van der Waals surface area contributed by atoms with Crippen LogP contribution in [-0.2, 0) is 4.84 Å². The van der Waals surface area contributed by atoms with Crippen LogP contribution in [0.4, 0.5) is 4.79 Å². The molecule has 78 valence electrons. The first-order chi connectivity index (χ1) is 6.31. The second-order valence-electron chi connectivity index (χ2n) is 2.70. The third-order valence-electron chi connectivity index (χ3n) is 1.45. The van der Waals surface area contributed by atoms with Gasteiger partial charge in [-0.25, -0.2) is 10.3 Å². The molecule has 4 N–H and O–H groups in total. The van der Waals surface area contributed by atoms with E-state index in [-0.39, 0.29) is 6.03 Å². The summed E-state index contributed by atoms with van der Waals surface area (Å²) in [6.07, 6.45) is 3.28. The van der Waals surface area contributed by atoms with Crippen LogP contribution < -0.4 is 16.5 Å². The van der Waals surface area contributed by atoms with E-state index in [2.05, 4.69) is 17.7 Å². The van der Waals surface area contributed by atoms with Crippen LogP contribution in [0.2, 0.25) is 0 Å². The molecule has 13 heavy (non-hydrogen) atoms. The number of carbonyl (C=O) groups excluding carboxylic acids is 1. The standard InChI is InChI=1S/C8H19N3O2/c1-2-3-4-6-10-8(12)11-13-7-5-9/h2-7,9H2,1H3,(H2,10,11,12). The van der Waals surface area contributed by atoms with E-state index in [1.54, 1.807) is 0 Å². The van der Waals surface area contributed by atoms with Crippen LogP contribution in [-0.4, -0.2) is 25.7 Å². The maximum Gasteiger partial charge on any atom is 0.338 e. The number of nitrogens with one attached hydrogen (secondary N) is 2. The van der Waals surface area contributed by atoms with Gasteiger partial charge >= 0.3 is 6.03 Å². The fourth-order valence-corrected chi connectivity index (χ4v) is 0.789. The van der Waals surface area contributed by atoms with Gasteiger partial charge in [-0.2, -0.15) is 0 Å². The summed E-state index contributed by atoms with van der Waals surface area (Å²) in [5.74, 6) is 0. The molecule has 0 radical (unpaired) electrons. The molecule has 5 heteroatoms. The predicted molar refractivity (Wildman–Crippen MR) is 51.1 cm³/mol. The first-order valence-corrected chi connectivity index (χ1v) is 4.67. The summed E-state index contributed by atoms with van der Waals surface area (Å²) in [6.45, 7) is 3.54. The largest absolute Gasteiger partial charge is 0.338 e. The van der Waals surface area contributed by atoms with Crippen molar-refractivity contribution in [3.63, 3.8) is 0 Å². The molecule has 5 nitrogen and oxygen atoms in total. The summed E-state index contributed by atoms with van der Waals surface area (Å²) < 4.78 is 0. The number of carbonyl (C=O) groups is 1. The molecule has 0 fully saturated rings. The molecule has 0 saturated heterocycles. The molecule has 0 aliphatic rings. The van der Waals surface area contributed by atoms with Crippen molar-refractivity contribution in [3.05, 3.63) is 0 Å². The van der Waals surface area contributed by atoms with Gasteiger partial charge in [0.05, 0.1) is 6.61 Å². The second-order valence-corrected chi connectivity index (χ2v) is 2.70. The SMILES string of the molecule is CCCCCNC(=O)NOCCN. The third-order valence-corrected chi connectivity index (χ3v) is 1.45. The number of hydrogen-bond acceptors (Lipinski definition) is 3. The molecule has 0 heterocycles. The Morgan fingerprint density at radius 3 is 2.85 bits per heavy atom. The number of nitrogens with two attached hydrogens (primary N) is 1. The highest BCUT2D eigenvalue weighted by Crippen LogP contribution is 1.90. The van der Waals surface area contributed by atoms with Gasteiger partial charge in [-0.1, -0.05) is 19.8 Å². The Morgan fingerprint density at radius 2 is 2.23 bits per heavy atom. The monoisotopic (exact) mass is 189 g/mol. The maximum atomic E-state index is 10.9. The molecule has 0 atom stereocenters. The maximum absolute atomic E-state index is 10.9. The number of amides is 2. The Bertz CT molecular complexity index is 131. The minimum absolute atomic E-state index is 0.301. The fraction of sp³-hybridized carbons (Fsp3) is 0.875. The molecule has 0 aromatic heterocycles. The number of unbranched alkanes of at least 4 members (excludes halogenated alkanes) is 2. The lowest BCUT2D eigenvalue weighted by molar-refractivity contribution is 0.0667. The van der Waals surface area contributed by atoms with E-state index in [0.717, 1.165) is 19.3 Å². The molecular formula is C8H19N3O2. The number of hydrogen-bond donors (Lipinski definition) is 3. The zero-order valence-corrected chi connectivity index (χ0v) is 8.14. The normalized spacial score (nSPS) is 9.69. The van der Waals surface area contributed by atoms with Crippen LogP contribution in [0.15, 0.2) is 0 Å². The number of urea groups is 1. The highest BCUT2D eigenvalue weighted by molar-refractivity contribution is 5.72. The molecule has 0 aromatic rings. The second kappa shape index (κ2) is 9.28. The van der Waals surface area contributed by atoms with Crippen LogP contribution in [0.3, 0.4) is 0 Å². The van der Waals surface area contributed by atoms with Crippen LogP contribution in [0.5, 0.6) is 0 Å². The van der Waals surface area contributed by atoms with E-state index in [1.165, 1.54) is 0 Å². The van der Waals surface area contributed by atoms with Crippen LogP contribution in [0, 0.1) is 0 Å². The lowest BCUT2D eigenvalue weighted by Crippen LogP contribution is -2.36. The third kappa shape index (κ3) is 9.10. The van der Waals surface area contributed by atoms with Gasteiger partial charge in [0.15, 0.2) is 0 Å². The average Bonchev–Trinajstić information content (AvgIpc) is 2.13. The Balaban J connectivity index is 3.11. The zero-order valence-electron chi connectivity index (χ0n) is 8.14. The fourth-order valence-electron chi connectivity index (χ4n) is 0.789. The Kier molecular flexibility index (Phi) is 8.70. The highest BCUT2D eigenvalue weighted by atomic mass is 16.7. The van der Waals surface area contributed by atoms with Gasteiger partial charge in [0, 0.05) is 13.1 Å². The molecular weight excluding hydrogens is 170 g/mol. The van der Waals surface area contributed by atoms with E-state index in [1.807, 2.05) is 0 Å². The van der Waals surface area contributed by atoms with Gasteiger partial charge in [0.1, 0.15) is 0 Å². The van der Waals surface area contributed by atoms with Crippen molar-refractivity contribution in [1.82, 2.24) is 10.8 Å². The summed E-state index contributed by atoms with van der Waals surface area (Å²) in [4.78, 5) is 15.6. The lowest BCUT2D eigenvalue weighted by Gasteiger charge is -2.06. The molecule has 0 spiro atoms. The van der Waals surface area contributed by atoms with E-state index >= 15 is 0 Å². The van der Waals surface area contributed by atoms with Gasteiger partial charge in [0.25, 0.3) is 0 Å². The molecule has 0 unspecified atom stereocenters. The van der Waals surface area contributed by atoms with Gasteiger partial charge in [-0.3, -0.25) is 4.84 Å². The van der Waals surface area contributed by atoms with E-state index in [9.17, 15) is 4.79 Å². The van der Waals surface area contributed by atoms with E-state index in [4.69, 9.17) is 10.6 Å². The van der Waals surface area contributed by atoms with Crippen molar-refractivity contribution in [2.45, 2.75) is 26.2 Å². The highest BCUT2D eigenvalue weighted by Gasteiger charge is 1.96. The molecule has 0 bridgehead atoms. The van der Waals surface area contributed by atoms with Gasteiger partial charge in [0.2, 0.25) is 0 Å². The first-order valence-electron chi connectivity index (χ1n) is 4.67. The molecule has 0 aliphatic heterocycles. The van der Waals surface area contributed by atoms with E-state index in [0.29, 0.717) is 19.7 Å². The van der Waals surface area contributed by atoms with Crippen molar-refractivity contribution < 1.29 is 9.63 Å². The Hall–Kier alpha value is -0.810. The van der Waals surface area contributed by atoms with Crippen molar-refractivity contribution in [2.75, 3.05) is 19.7 Å². The van der Waals surface area contributed by atoms with Crippen molar-refractivity contribution >= 4 is 6.03 Å². The smallest absolute Gasteiger partial charge is 0.336 e. The van der Waals surface area contributed by atoms with Crippen LogP contribution >= 0.6 is 0 Å². The number of rotatable bonds is 7. The number of hydroxylamine groups is 1. The zero-order chi connectivity index (χ0) is 9.94. The summed E-state index contributed by atoms with van der Waals surface area (Å²) in [7, 11) is 0. The van der Waals surface area contributed by atoms with Gasteiger partial charge in [-0.15, -0.1) is 0 Å². The topological polar surface area (TPSA) is 76.4 Å². The summed E-state index contributed by atoms with van der Waals surface area (Å²) >= 11 is 0. The minimum atomic E-state index is -0.301. The summed E-state index contributed by atoms with van der Waals surface area (Å²) in [5.41, 5.74) is 7.39. The summed E-state index contributed by atoms with van der Waals surface area (Å²) in [6, 6.07) is -0.301. The quantitative estimate of drug-likeness (QED) is 0.400. The molecule has 0 rings (SSSR count). The molecule has 0 aliphatic carbocycles. The molecule has 0 saturated carbocycles.